The number of nitrogens with zero attached hydrogens (tertiary/aromatic N) is 1. The summed E-state index contributed by atoms with van der Waals surface area (Å²) in [6.07, 6.45) is -0.0172. The van der Waals surface area contributed by atoms with Crippen molar-refractivity contribution in [2.45, 2.75) is 20.0 Å². The maximum atomic E-state index is 10.7. The smallest absolute Gasteiger partial charge is 0.256 e. The third-order valence-electron chi connectivity index (χ3n) is 1.34. The van der Waals surface area contributed by atoms with Crippen molar-refractivity contribution in [2.75, 3.05) is 12.4 Å². The van der Waals surface area contributed by atoms with Crippen LogP contribution in [0.1, 0.15) is 13.8 Å². The van der Waals surface area contributed by atoms with E-state index in [9.17, 15) is 4.79 Å². The van der Waals surface area contributed by atoms with Crippen LogP contribution in [0.5, 0.6) is 0 Å². The maximum absolute atomic E-state index is 10.7. The lowest BCUT2D eigenvalue weighted by Crippen LogP contribution is -2.16. The third kappa shape index (κ3) is 2.31. The quantitative estimate of drug-likeness (QED) is 0.641. The Balaban J connectivity index is 2.47. The zero-order chi connectivity index (χ0) is 8.27. The van der Waals surface area contributed by atoms with Crippen LogP contribution in [-0.2, 0) is 9.53 Å². The molecule has 0 aromatic heterocycles. The molecule has 0 N–H and O–H groups in total. The van der Waals surface area contributed by atoms with Gasteiger partial charge in [-0.15, -0.1) is 0 Å². The van der Waals surface area contributed by atoms with Crippen molar-refractivity contribution in [3.63, 3.8) is 0 Å². The Morgan fingerprint density at radius 1 is 1.82 bits per heavy atom. The van der Waals surface area contributed by atoms with Crippen LogP contribution in [-0.4, -0.2) is 29.4 Å². The van der Waals surface area contributed by atoms with Crippen molar-refractivity contribution < 1.29 is 9.53 Å². The summed E-state index contributed by atoms with van der Waals surface area (Å²) < 4.78 is 5.27. The number of hydrogen-bond acceptors (Lipinski definition) is 3. The molecule has 1 heterocycles. The summed E-state index contributed by atoms with van der Waals surface area (Å²) in [5.74, 6) is 0.434. The predicted octanol–water partition coefficient (Wildman–Crippen LogP) is 1.08. The summed E-state index contributed by atoms with van der Waals surface area (Å²) in [7, 11) is 0. The molecule has 0 aromatic rings. The molecule has 0 fully saturated rings. The molecular formula is C7H11NO2S. The fourth-order valence-electron chi connectivity index (χ4n) is 0.853. The van der Waals surface area contributed by atoms with Crippen LogP contribution in [0.15, 0.2) is 4.99 Å². The molecule has 1 aliphatic heterocycles. The van der Waals surface area contributed by atoms with Crippen LogP contribution >= 0.6 is 11.8 Å². The third-order valence-corrected chi connectivity index (χ3v) is 2.45. The molecule has 0 aliphatic carbocycles. The first-order chi connectivity index (χ1) is 5.24. The standard InChI is InChI=1S/C7H11NO2S/c1-3-10-5(2)7-8-6(9)4-11-7/h5H,3-4H2,1-2H3. The molecular weight excluding hydrogens is 162 g/mol. The Morgan fingerprint density at radius 3 is 3.00 bits per heavy atom. The molecule has 1 rings (SSSR count). The second-order valence-corrected chi connectivity index (χ2v) is 3.23. The molecule has 0 bridgehead atoms. The SMILES string of the molecule is CCOC(C)C1=NC(=O)CS1. The van der Waals surface area contributed by atoms with Gasteiger partial charge in [0, 0.05) is 6.61 Å². The summed E-state index contributed by atoms with van der Waals surface area (Å²) in [5, 5.41) is 0.817. The normalized spacial score (nSPS) is 20.2. The van der Waals surface area contributed by atoms with Gasteiger partial charge in [-0.3, -0.25) is 4.79 Å². The van der Waals surface area contributed by atoms with Gasteiger partial charge >= 0.3 is 0 Å². The van der Waals surface area contributed by atoms with E-state index in [2.05, 4.69) is 4.99 Å². The van der Waals surface area contributed by atoms with Gasteiger partial charge in [0.1, 0.15) is 11.1 Å². The van der Waals surface area contributed by atoms with Crippen LogP contribution in [0, 0.1) is 0 Å². The van der Waals surface area contributed by atoms with Gasteiger partial charge in [-0.05, 0) is 13.8 Å². The van der Waals surface area contributed by atoms with E-state index < -0.39 is 0 Å². The van der Waals surface area contributed by atoms with Crippen LogP contribution < -0.4 is 0 Å². The monoisotopic (exact) mass is 173 g/mol. The van der Waals surface area contributed by atoms with Crippen molar-refractivity contribution in [3.05, 3.63) is 0 Å². The number of carbonyl (C=O) groups excluding carboxylic acids is 1. The highest BCUT2D eigenvalue weighted by Gasteiger charge is 2.19. The van der Waals surface area contributed by atoms with Crippen LogP contribution in [0.2, 0.25) is 0 Å². The number of thioether (sulfide) groups is 1. The average molecular weight is 173 g/mol. The van der Waals surface area contributed by atoms with Crippen molar-refractivity contribution in [3.8, 4) is 0 Å². The molecule has 1 unspecified atom stereocenters. The summed E-state index contributed by atoms with van der Waals surface area (Å²) in [5.41, 5.74) is 0. The molecule has 0 saturated carbocycles. The number of hydrogen-bond donors (Lipinski definition) is 0. The molecule has 1 aliphatic rings. The first-order valence-electron chi connectivity index (χ1n) is 3.60. The first kappa shape index (κ1) is 8.74. The Kier molecular flexibility index (Phi) is 3.08. The van der Waals surface area contributed by atoms with Crippen molar-refractivity contribution >= 4 is 22.7 Å². The van der Waals surface area contributed by atoms with E-state index in [1.54, 1.807) is 0 Å². The molecule has 0 spiro atoms. The largest absolute Gasteiger partial charge is 0.372 e. The fourth-order valence-corrected chi connectivity index (χ4v) is 1.66. The molecule has 1 amide bonds. The van der Waals surface area contributed by atoms with Gasteiger partial charge in [0.05, 0.1) is 5.75 Å². The lowest BCUT2D eigenvalue weighted by molar-refractivity contribution is -0.115. The highest BCUT2D eigenvalue weighted by Crippen LogP contribution is 2.17. The molecule has 62 valence electrons. The number of ether oxygens (including phenoxy) is 1. The van der Waals surface area contributed by atoms with Gasteiger partial charge in [0.2, 0.25) is 0 Å². The van der Waals surface area contributed by atoms with E-state index in [1.807, 2.05) is 13.8 Å². The fraction of sp³-hybridized carbons (Fsp3) is 0.714. The predicted molar refractivity (Wildman–Crippen MR) is 46.0 cm³/mol. The second kappa shape index (κ2) is 3.88. The van der Waals surface area contributed by atoms with Gasteiger partial charge in [0.15, 0.2) is 0 Å². The topological polar surface area (TPSA) is 38.7 Å². The van der Waals surface area contributed by atoms with E-state index in [0.29, 0.717) is 12.4 Å². The summed E-state index contributed by atoms with van der Waals surface area (Å²) in [6, 6.07) is 0. The molecule has 1 atom stereocenters. The molecule has 11 heavy (non-hydrogen) atoms. The van der Waals surface area contributed by atoms with E-state index in [0.717, 1.165) is 5.04 Å². The molecule has 0 radical (unpaired) electrons. The van der Waals surface area contributed by atoms with Crippen LogP contribution in [0.25, 0.3) is 0 Å². The minimum atomic E-state index is -0.0449. The van der Waals surface area contributed by atoms with E-state index >= 15 is 0 Å². The molecule has 3 nitrogen and oxygen atoms in total. The number of amides is 1. The minimum absolute atomic E-state index is 0.0172. The Hall–Kier alpha value is -0.350. The Bertz CT molecular complexity index is 191. The number of aliphatic imine (C=N–C) groups is 1. The highest BCUT2D eigenvalue weighted by atomic mass is 32.2. The number of carbonyl (C=O) groups is 1. The van der Waals surface area contributed by atoms with Crippen molar-refractivity contribution in [2.24, 2.45) is 4.99 Å². The van der Waals surface area contributed by atoms with Crippen molar-refractivity contribution in [1.29, 1.82) is 0 Å². The average Bonchev–Trinajstić information content (AvgIpc) is 2.36. The zero-order valence-electron chi connectivity index (χ0n) is 6.66. The van der Waals surface area contributed by atoms with Gasteiger partial charge < -0.3 is 4.74 Å². The molecule has 0 aromatic carbocycles. The van der Waals surface area contributed by atoms with Gasteiger partial charge in [-0.2, -0.15) is 0 Å². The number of rotatable bonds is 3. The van der Waals surface area contributed by atoms with Crippen LogP contribution in [0.3, 0.4) is 0 Å². The lowest BCUT2D eigenvalue weighted by Gasteiger charge is -2.08. The summed E-state index contributed by atoms with van der Waals surface area (Å²) in [6.45, 7) is 4.50. The van der Waals surface area contributed by atoms with Crippen LogP contribution in [0.4, 0.5) is 0 Å². The molecule has 4 heteroatoms. The Labute approximate surface area is 70.2 Å². The van der Waals surface area contributed by atoms with Gasteiger partial charge in [-0.25, -0.2) is 4.99 Å². The summed E-state index contributed by atoms with van der Waals surface area (Å²) in [4.78, 5) is 14.5. The zero-order valence-corrected chi connectivity index (χ0v) is 7.48. The minimum Gasteiger partial charge on any atom is -0.372 e. The first-order valence-corrected chi connectivity index (χ1v) is 4.58. The van der Waals surface area contributed by atoms with Gasteiger partial charge in [-0.1, -0.05) is 11.8 Å². The lowest BCUT2D eigenvalue weighted by atomic mass is 10.4. The summed E-state index contributed by atoms with van der Waals surface area (Å²) >= 11 is 1.47. The highest BCUT2D eigenvalue weighted by molar-refractivity contribution is 8.15. The second-order valence-electron chi connectivity index (χ2n) is 2.23. The van der Waals surface area contributed by atoms with E-state index in [4.69, 9.17) is 4.74 Å². The van der Waals surface area contributed by atoms with Gasteiger partial charge in [0.25, 0.3) is 5.91 Å². The van der Waals surface area contributed by atoms with Crippen molar-refractivity contribution in [1.82, 2.24) is 0 Å². The molecule has 0 saturated heterocycles. The Morgan fingerprint density at radius 2 is 2.55 bits per heavy atom. The maximum Gasteiger partial charge on any atom is 0.256 e. The van der Waals surface area contributed by atoms with E-state index in [-0.39, 0.29) is 12.0 Å². The van der Waals surface area contributed by atoms with E-state index in [1.165, 1.54) is 11.8 Å².